The van der Waals surface area contributed by atoms with E-state index in [-0.39, 0.29) is 6.09 Å². The average molecular weight is 484 g/mol. The fraction of sp³-hybridized carbons (Fsp3) is 0.367. The second-order valence-corrected chi connectivity index (χ2v) is 10.3. The molecule has 2 unspecified atom stereocenters. The van der Waals surface area contributed by atoms with Crippen molar-refractivity contribution < 1.29 is 14.3 Å². The highest BCUT2D eigenvalue weighted by molar-refractivity contribution is 5.80. The molecule has 3 aliphatic heterocycles. The average Bonchev–Trinajstić information content (AvgIpc) is 3.10. The van der Waals surface area contributed by atoms with Gasteiger partial charge in [-0.3, -0.25) is 0 Å². The number of piperidine rings is 1. The number of carbonyl (C=O) groups excluding carboxylic acids is 1. The van der Waals surface area contributed by atoms with Crippen molar-refractivity contribution in [2.75, 3.05) is 25.5 Å². The molecule has 0 saturated carbocycles. The van der Waals surface area contributed by atoms with E-state index >= 15 is 0 Å². The van der Waals surface area contributed by atoms with Gasteiger partial charge in [0.15, 0.2) is 11.5 Å². The van der Waals surface area contributed by atoms with Gasteiger partial charge in [-0.05, 0) is 69.0 Å². The van der Waals surface area contributed by atoms with E-state index in [2.05, 4.69) is 41.1 Å². The van der Waals surface area contributed by atoms with Crippen molar-refractivity contribution in [3.05, 3.63) is 78.4 Å². The maximum absolute atomic E-state index is 12.8. The molecule has 36 heavy (non-hydrogen) atoms. The van der Waals surface area contributed by atoms with E-state index in [9.17, 15) is 4.79 Å². The first kappa shape index (κ1) is 22.9. The van der Waals surface area contributed by atoms with Crippen molar-refractivity contribution in [3.63, 3.8) is 0 Å². The van der Waals surface area contributed by atoms with Gasteiger partial charge in [-0.1, -0.05) is 42.5 Å². The molecule has 3 heterocycles. The number of fused-ring (bicyclic) bond motifs is 4. The Labute approximate surface area is 213 Å². The lowest BCUT2D eigenvalue weighted by atomic mass is 9.94. The van der Waals surface area contributed by atoms with Crippen LogP contribution in [-0.4, -0.2) is 54.7 Å². The van der Waals surface area contributed by atoms with Crippen LogP contribution in [0.4, 0.5) is 16.2 Å². The first-order valence-electron chi connectivity index (χ1n) is 13.0. The topological polar surface area (TPSA) is 45.3 Å². The number of benzene rings is 3. The van der Waals surface area contributed by atoms with Crippen LogP contribution in [0.25, 0.3) is 0 Å². The zero-order valence-corrected chi connectivity index (χ0v) is 21.0. The van der Waals surface area contributed by atoms with Gasteiger partial charge in [0.25, 0.3) is 0 Å². The third kappa shape index (κ3) is 4.30. The molecule has 0 radical (unpaired) electrons. The number of hydrogen-bond acceptors (Lipinski definition) is 5. The van der Waals surface area contributed by atoms with Crippen LogP contribution >= 0.6 is 0 Å². The largest absolute Gasteiger partial charge is 0.453 e. The summed E-state index contributed by atoms with van der Waals surface area (Å²) in [4.78, 5) is 19.4. The van der Waals surface area contributed by atoms with Gasteiger partial charge in [0.1, 0.15) is 5.75 Å². The van der Waals surface area contributed by atoms with Gasteiger partial charge in [0, 0.05) is 37.8 Å². The minimum atomic E-state index is -0.370. The Morgan fingerprint density at radius 3 is 2.39 bits per heavy atom. The second kappa shape index (κ2) is 9.51. The highest BCUT2D eigenvalue weighted by Crippen LogP contribution is 2.51. The minimum absolute atomic E-state index is 0.370. The van der Waals surface area contributed by atoms with Crippen molar-refractivity contribution in [2.24, 2.45) is 0 Å². The van der Waals surface area contributed by atoms with Crippen molar-refractivity contribution in [3.8, 4) is 17.2 Å². The van der Waals surface area contributed by atoms with E-state index in [0.717, 1.165) is 42.1 Å². The molecule has 2 bridgehead atoms. The quantitative estimate of drug-likeness (QED) is 0.431. The molecule has 6 heteroatoms. The zero-order chi connectivity index (χ0) is 24.6. The lowest BCUT2D eigenvalue weighted by Crippen LogP contribution is -2.48. The van der Waals surface area contributed by atoms with Crippen molar-refractivity contribution in [1.29, 1.82) is 0 Å². The number of amides is 1. The van der Waals surface area contributed by atoms with Crippen LogP contribution in [0.1, 0.15) is 31.2 Å². The van der Waals surface area contributed by atoms with Crippen LogP contribution in [0, 0.1) is 0 Å². The number of anilines is 2. The molecule has 2 atom stereocenters. The summed E-state index contributed by atoms with van der Waals surface area (Å²) in [5, 5.41) is 0. The van der Waals surface area contributed by atoms with Crippen LogP contribution in [0.15, 0.2) is 72.8 Å². The standard InChI is InChI=1S/C30H33N3O3/c1-31(17-16-21-8-4-3-5-9-21)30(34)35-25-14-15-27-29(20-25)36-28-11-7-6-10-26(28)33(27)24-18-22-12-13-23(19-24)32(22)2/h3-11,14-15,20,22-24H,12-13,16-19H2,1-2H3. The van der Waals surface area contributed by atoms with Crippen molar-refractivity contribution in [2.45, 2.75) is 50.2 Å². The van der Waals surface area contributed by atoms with E-state index in [1.807, 2.05) is 48.5 Å². The predicted molar refractivity (Wildman–Crippen MR) is 141 cm³/mol. The van der Waals surface area contributed by atoms with Gasteiger partial charge >= 0.3 is 6.09 Å². The number of para-hydroxylation sites is 2. The van der Waals surface area contributed by atoms with Crippen LogP contribution < -0.4 is 14.4 Å². The Balaban J connectivity index is 1.21. The van der Waals surface area contributed by atoms with E-state index < -0.39 is 0 Å². The molecule has 6 rings (SSSR count). The van der Waals surface area contributed by atoms with Gasteiger partial charge in [0.05, 0.1) is 11.4 Å². The van der Waals surface area contributed by atoms with Gasteiger partial charge in [-0.15, -0.1) is 0 Å². The molecule has 3 aromatic carbocycles. The van der Waals surface area contributed by atoms with Gasteiger partial charge in [0.2, 0.25) is 0 Å². The Morgan fingerprint density at radius 2 is 1.61 bits per heavy atom. The lowest BCUT2D eigenvalue weighted by molar-refractivity contribution is 0.161. The molecule has 186 valence electrons. The third-order valence-corrected chi connectivity index (χ3v) is 8.07. The lowest BCUT2D eigenvalue weighted by Gasteiger charge is -2.44. The number of hydrogen-bond donors (Lipinski definition) is 0. The van der Waals surface area contributed by atoms with E-state index in [1.165, 1.54) is 18.4 Å². The van der Waals surface area contributed by atoms with Gasteiger partial charge in [-0.25, -0.2) is 4.79 Å². The molecule has 1 amide bonds. The summed E-state index contributed by atoms with van der Waals surface area (Å²) in [5.41, 5.74) is 3.35. The van der Waals surface area contributed by atoms with Gasteiger partial charge in [-0.2, -0.15) is 0 Å². The summed E-state index contributed by atoms with van der Waals surface area (Å²) in [6.45, 7) is 0.587. The summed E-state index contributed by atoms with van der Waals surface area (Å²) in [7, 11) is 4.05. The maximum Gasteiger partial charge on any atom is 0.414 e. The molecule has 6 nitrogen and oxygen atoms in total. The summed E-state index contributed by atoms with van der Waals surface area (Å²) in [6.07, 6.45) is 5.26. The SMILES string of the molecule is CN(CCc1ccccc1)C(=O)Oc1ccc2c(c1)Oc1ccccc1N2C1CC2CCC(C1)N2C. The Morgan fingerprint density at radius 1 is 0.917 bits per heavy atom. The number of likely N-dealkylation sites (N-methyl/N-ethyl adjacent to an activating group) is 1. The third-order valence-electron chi connectivity index (χ3n) is 8.07. The molecular formula is C30H33N3O3. The van der Waals surface area contributed by atoms with E-state index in [4.69, 9.17) is 9.47 Å². The Hall–Kier alpha value is -3.51. The number of nitrogens with zero attached hydrogens (tertiary/aromatic N) is 3. The van der Waals surface area contributed by atoms with Gasteiger partial charge < -0.3 is 24.2 Å². The molecule has 3 aromatic rings. The smallest absolute Gasteiger partial charge is 0.414 e. The fourth-order valence-electron chi connectivity index (χ4n) is 6.03. The first-order valence-corrected chi connectivity index (χ1v) is 13.0. The molecule has 2 saturated heterocycles. The summed E-state index contributed by atoms with van der Waals surface area (Å²) in [5.74, 6) is 2.07. The van der Waals surface area contributed by atoms with Crippen LogP contribution in [-0.2, 0) is 6.42 Å². The second-order valence-electron chi connectivity index (χ2n) is 10.3. The Bertz CT molecular complexity index is 1230. The van der Waals surface area contributed by atoms with Crippen LogP contribution in [0.5, 0.6) is 17.2 Å². The first-order chi connectivity index (χ1) is 17.6. The molecule has 0 aromatic heterocycles. The molecule has 2 fully saturated rings. The highest BCUT2D eigenvalue weighted by atomic mass is 16.6. The van der Waals surface area contributed by atoms with Crippen molar-refractivity contribution in [1.82, 2.24) is 9.80 Å². The van der Waals surface area contributed by atoms with Crippen LogP contribution in [0.2, 0.25) is 0 Å². The number of carbonyl (C=O) groups is 1. The maximum atomic E-state index is 12.8. The van der Waals surface area contributed by atoms with E-state index in [1.54, 1.807) is 11.9 Å². The predicted octanol–water partition coefficient (Wildman–Crippen LogP) is 6.23. The highest BCUT2D eigenvalue weighted by Gasteiger charge is 2.42. The monoisotopic (exact) mass is 483 g/mol. The number of ether oxygens (including phenoxy) is 2. The molecular weight excluding hydrogens is 450 g/mol. The van der Waals surface area contributed by atoms with Crippen LogP contribution in [0.3, 0.4) is 0 Å². The number of rotatable bonds is 5. The minimum Gasteiger partial charge on any atom is -0.453 e. The molecule has 0 N–H and O–H groups in total. The summed E-state index contributed by atoms with van der Waals surface area (Å²) < 4.78 is 12.1. The fourth-order valence-corrected chi connectivity index (χ4v) is 6.03. The van der Waals surface area contributed by atoms with Crippen molar-refractivity contribution >= 4 is 17.5 Å². The zero-order valence-electron chi connectivity index (χ0n) is 21.0. The molecule has 0 aliphatic carbocycles. The summed E-state index contributed by atoms with van der Waals surface area (Å²) in [6, 6.07) is 25.9. The Kier molecular flexibility index (Phi) is 6.05. The summed E-state index contributed by atoms with van der Waals surface area (Å²) >= 11 is 0. The molecule has 3 aliphatic rings. The normalized spacial score (nSPS) is 22.4. The van der Waals surface area contributed by atoms with E-state index in [0.29, 0.717) is 30.4 Å². The molecule has 0 spiro atoms.